The van der Waals surface area contributed by atoms with Crippen LogP contribution in [0.25, 0.3) is 0 Å². The lowest BCUT2D eigenvalue weighted by Gasteiger charge is -2.52. The Kier molecular flexibility index (Phi) is 16.4. The molecule has 10 rings (SSSR count). The number of nitrogens with one attached hydrogen (secondary N) is 3. The maximum Gasteiger partial charge on any atom is 0.335 e. The van der Waals surface area contributed by atoms with Gasteiger partial charge < -0.3 is 120 Å². The minimum absolute atomic E-state index is 0.762. The van der Waals surface area contributed by atoms with E-state index < -0.39 is 196 Å². The van der Waals surface area contributed by atoms with E-state index in [0.29, 0.717) is 0 Å². The Bertz CT molecular complexity index is 1720. The van der Waals surface area contributed by atoms with Crippen molar-refractivity contribution in [2.45, 2.75) is 181 Å². The van der Waals surface area contributed by atoms with Crippen LogP contribution in [0.1, 0.15) is 27.7 Å². The average molecular weight is 945 g/mol. The maximum absolute atomic E-state index is 13.0. The first-order valence-corrected chi connectivity index (χ1v) is 20.4. The minimum atomic E-state index is -2.32. The van der Waals surface area contributed by atoms with Crippen molar-refractivity contribution in [2.24, 2.45) is 5.73 Å². The monoisotopic (exact) mass is 944 g/mol. The van der Waals surface area contributed by atoms with Crippen LogP contribution < -0.4 is 21.7 Å². The second-order valence-electron chi connectivity index (χ2n) is 16.4. The molecule has 0 aromatic rings. The Morgan fingerprint density at radius 2 is 0.892 bits per heavy atom. The third kappa shape index (κ3) is 10.5. The highest BCUT2D eigenvalue weighted by Gasteiger charge is 2.60. The third-order valence-electron chi connectivity index (χ3n) is 11.7. The van der Waals surface area contributed by atoms with Gasteiger partial charge in [0, 0.05) is 20.8 Å². The molecule has 15 N–H and O–H groups in total. The zero-order valence-electron chi connectivity index (χ0n) is 35.0. The van der Waals surface area contributed by atoms with Gasteiger partial charge >= 0.3 is 5.97 Å². The third-order valence-corrected chi connectivity index (χ3v) is 11.7. The lowest BCUT2D eigenvalue weighted by Crippen LogP contribution is -2.72. The van der Waals surface area contributed by atoms with Gasteiger partial charge in [-0.05, 0) is 6.92 Å². The fourth-order valence-corrected chi connectivity index (χ4v) is 8.56. The molecular formula is C36H56N4O25. The van der Waals surface area contributed by atoms with Crippen LogP contribution in [0.5, 0.6) is 0 Å². The molecule has 29 heteroatoms. The molecule has 10 fully saturated rings. The second kappa shape index (κ2) is 20.8. The van der Waals surface area contributed by atoms with E-state index in [1.807, 2.05) is 0 Å². The number of hydrogen-bond acceptors (Lipinski definition) is 24. The largest absolute Gasteiger partial charge is 0.479 e. The van der Waals surface area contributed by atoms with Crippen molar-refractivity contribution in [3.63, 3.8) is 0 Å². The van der Waals surface area contributed by atoms with E-state index in [2.05, 4.69) is 16.0 Å². The standard InChI is InChI=1S/C36H56N4O25/c1-7-16(46)13(38-8(2)43)25-36(56-7)63-26-19(49)21(51)34(64-28(26)30(37)53)59-23-12(6-42)58-32(14(18(23)48)39-9(3)44)62-27-20(50)22(52)35(65-29(27)31(54)55)60-24-15(40-10(4)45)33(61-25)57-11(5-41)17(24)47/h7,11-29,32-36,41-42,46-52H,5-6H2,1-4H3,(H2,37,53)(H,38,43)(H,39,44)(H,40,45)(H,54,55)/t7-,11-,12-,13+,14-,15-,16-,17-,18-,19-,20-,21-,22-,23+,24-,25-,26-,27-,28+,29+,32-,33-,34+,35-,36+/m1/s1. The second-order valence-corrected chi connectivity index (χ2v) is 16.4. The molecule has 4 amide bonds. The number of aliphatic hydroxyl groups excluding tert-OH is 9. The summed E-state index contributed by atoms with van der Waals surface area (Å²) in [5.41, 5.74) is 5.69. The summed E-state index contributed by atoms with van der Waals surface area (Å²) in [5.74, 6) is -5.68. The summed E-state index contributed by atoms with van der Waals surface area (Å²) in [7, 11) is 0. The number of carboxylic acids is 1. The van der Waals surface area contributed by atoms with E-state index in [-0.39, 0.29) is 0 Å². The van der Waals surface area contributed by atoms with Gasteiger partial charge in [0.25, 0.3) is 0 Å². The number of aliphatic carboxylic acids is 1. The van der Waals surface area contributed by atoms with Gasteiger partial charge in [-0.1, -0.05) is 0 Å². The zero-order chi connectivity index (χ0) is 47.9. The molecule has 0 unspecified atom stereocenters. The van der Waals surface area contributed by atoms with Gasteiger partial charge in [-0.25, -0.2) is 4.79 Å². The lowest BCUT2D eigenvalue weighted by atomic mass is 9.93. The summed E-state index contributed by atoms with van der Waals surface area (Å²) in [4.78, 5) is 63.6. The number of aliphatic hydroxyl groups is 9. The molecule has 10 heterocycles. The van der Waals surface area contributed by atoms with Crippen LogP contribution in [-0.2, 0) is 71.3 Å². The van der Waals surface area contributed by atoms with E-state index in [9.17, 15) is 75.0 Å². The van der Waals surface area contributed by atoms with E-state index in [1.165, 1.54) is 6.92 Å². The Labute approximate surface area is 367 Å². The van der Waals surface area contributed by atoms with Crippen molar-refractivity contribution >= 4 is 29.6 Å². The lowest BCUT2D eigenvalue weighted by molar-refractivity contribution is -0.389. The fraction of sp³-hybridized carbons (Fsp3) is 0.861. The quantitative estimate of drug-likeness (QED) is 0.113. The van der Waals surface area contributed by atoms with Crippen LogP contribution in [0, 0.1) is 0 Å². The van der Waals surface area contributed by atoms with Gasteiger partial charge in [0.2, 0.25) is 23.6 Å². The first-order valence-electron chi connectivity index (χ1n) is 20.4. The number of carbonyl (C=O) groups is 5. The highest BCUT2D eigenvalue weighted by molar-refractivity contribution is 5.80. The number of ether oxygens (including phenoxy) is 10. The molecule has 25 atom stereocenters. The Balaban J connectivity index is 1.51. The zero-order valence-corrected chi connectivity index (χ0v) is 35.0. The van der Waals surface area contributed by atoms with Gasteiger partial charge in [-0.2, -0.15) is 0 Å². The average Bonchev–Trinajstić information content (AvgIpc) is 3.23. The first kappa shape index (κ1) is 51.0. The smallest absolute Gasteiger partial charge is 0.335 e. The number of fused-ring (bicyclic) bond motifs is 1. The molecule has 0 radical (unpaired) electrons. The number of primary amides is 1. The molecule has 10 saturated heterocycles. The van der Waals surface area contributed by atoms with E-state index in [4.69, 9.17) is 53.1 Å². The molecule has 0 aliphatic carbocycles. The van der Waals surface area contributed by atoms with Crippen LogP contribution in [0.4, 0.5) is 0 Å². The van der Waals surface area contributed by atoms with Gasteiger partial charge in [0.05, 0.1) is 25.4 Å². The highest BCUT2D eigenvalue weighted by Crippen LogP contribution is 2.38. The Hall–Kier alpha value is -3.41. The summed E-state index contributed by atoms with van der Waals surface area (Å²) in [5, 5.41) is 119. The molecule has 10 aliphatic rings. The predicted molar refractivity (Wildman–Crippen MR) is 199 cm³/mol. The van der Waals surface area contributed by atoms with Crippen molar-refractivity contribution in [1.82, 2.24) is 16.0 Å². The highest BCUT2D eigenvalue weighted by atomic mass is 16.8. The Morgan fingerprint density at radius 3 is 1.43 bits per heavy atom. The number of amides is 4. The van der Waals surface area contributed by atoms with Crippen LogP contribution >= 0.6 is 0 Å². The maximum atomic E-state index is 13.0. The molecule has 0 aromatic carbocycles. The first-order chi connectivity index (χ1) is 30.6. The summed E-state index contributed by atoms with van der Waals surface area (Å²) >= 11 is 0. The molecule has 65 heavy (non-hydrogen) atoms. The van der Waals surface area contributed by atoms with Gasteiger partial charge in [-0.3, -0.25) is 19.2 Å². The van der Waals surface area contributed by atoms with Gasteiger partial charge in [0.15, 0.2) is 43.7 Å². The summed E-state index contributed by atoms with van der Waals surface area (Å²) in [6.07, 6.45) is -44.1. The molecule has 0 aromatic heterocycles. The van der Waals surface area contributed by atoms with Crippen molar-refractivity contribution < 1.29 is 122 Å². The number of rotatable bonds is 7. The van der Waals surface area contributed by atoms with Gasteiger partial charge in [-0.15, -0.1) is 0 Å². The van der Waals surface area contributed by atoms with Crippen LogP contribution in [0.15, 0.2) is 0 Å². The van der Waals surface area contributed by atoms with Gasteiger partial charge in [0.1, 0.15) is 97.5 Å². The number of hydrogen-bond donors (Lipinski definition) is 14. The van der Waals surface area contributed by atoms with Crippen molar-refractivity contribution in [1.29, 1.82) is 0 Å². The molecule has 0 spiro atoms. The fourth-order valence-electron chi connectivity index (χ4n) is 8.56. The number of nitrogens with two attached hydrogens (primary N) is 1. The molecule has 0 saturated carbocycles. The minimum Gasteiger partial charge on any atom is -0.479 e. The van der Waals surface area contributed by atoms with Crippen molar-refractivity contribution in [3.8, 4) is 0 Å². The van der Waals surface area contributed by atoms with Crippen molar-refractivity contribution in [3.05, 3.63) is 0 Å². The molecule has 10 aliphatic heterocycles. The molecule has 370 valence electrons. The number of carbonyl (C=O) groups excluding carboxylic acids is 4. The van der Waals surface area contributed by atoms with Crippen LogP contribution in [-0.4, -0.2) is 247 Å². The molecule has 29 nitrogen and oxygen atoms in total. The van der Waals surface area contributed by atoms with Crippen molar-refractivity contribution in [2.75, 3.05) is 13.2 Å². The topological polar surface area (TPSA) is 442 Å². The van der Waals surface area contributed by atoms with E-state index >= 15 is 0 Å². The predicted octanol–water partition coefficient (Wildman–Crippen LogP) is -9.83. The van der Waals surface area contributed by atoms with E-state index in [1.54, 1.807) is 0 Å². The van der Waals surface area contributed by atoms with E-state index in [0.717, 1.165) is 20.8 Å². The number of carboxylic acid groups (broad SMARTS) is 1. The summed E-state index contributed by atoms with van der Waals surface area (Å²) in [6.45, 7) is 2.33. The normalized spacial score (nSPS) is 48.2. The van der Waals surface area contributed by atoms with Crippen LogP contribution in [0.2, 0.25) is 0 Å². The SMILES string of the molecule is CC(=O)N[C@H]1[C@H]2O[C@@H]3[C@H](O)[C@@H](O)[C@H](O[C@H]4[C@H](O)[C@@H](CO)O[C@H](O[C@H]5[C@H](O[C@@H]6[C@H](O)[C@@H](O)[C@@H](O[C@H]([C@@H]1O)[C@@H](CO)O2)O[C@@H]6C(N)=O)O[C@H](C)[C@@H](O)[C@@H]5NC(C)=O)[C@@H]4NC(C)=O)O[C@@H]3C(=O)O. The molecule has 8 bridgehead atoms. The summed E-state index contributed by atoms with van der Waals surface area (Å²) in [6, 6.07) is -5.15. The Morgan fingerprint density at radius 1 is 0.446 bits per heavy atom. The molecular weight excluding hydrogens is 888 g/mol. The summed E-state index contributed by atoms with van der Waals surface area (Å²) < 4.78 is 58.7. The van der Waals surface area contributed by atoms with Crippen LogP contribution in [0.3, 0.4) is 0 Å².